The fourth-order valence-electron chi connectivity index (χ4n) is 1.87. The number of nitrogens with one attached hydrogen (secondary N) is 1. The molecule has 1 aliphatic heterocycles. The van der Waals surface area contributed by atoms with Gasteiger partial charge in [-0.05, 0) is 18.2 Å². The van der Waals surface area contributed by atoms with Crippen molar-refractivity contribution in [3.05, 3.63) is 39.8 Å². The van der Waals surface area contributed by atoms with Crippen molar-refractivity contribution >= 4 is 32.8 Å². The third kappa shape index (κ3) is 3.37. The monoisotopic (exact) mass is 344 g/mol. The second-order valence-corrected chi connectivity index (χ2v) is 8.05. The quantitative estimate of drug-likeness (QED) is 0.899. The first-order valence-electron chi connectivity index (χ1n) is 6.33. The minimum Gasteiger partial charge on any atom is -0.486 e. The molecular formula is C13H13ClN2O3S2. The summed E-state index contributed by atoms with van der Waals surface area (Å²) in [6.45, 7) is 1.56. The largest absolute Gasteiger partial charge is 0.486 e. The van der Waals surface area contributed by atoms with Crippen LogP contribution in [-0.4, -0.2) is 32.6 Å². The predicted octanol–water partition coefficient (Wildman–Crippen LogP) is 2.12. The second-order valence-electron chi connectivity index (χ2n) is 4.68. The minimum absolute atomic E-state index is 0.0975. The van der Waals surface area contributed by atoms with Crippen LogP contribution in [0.15, 0.2) is 34.7 Å². The van der Waals surface area contributed by atoms with Gasteiger partial charge in [-0.25, -0.2) is 13.4 Å². The van der Waals surface area contributed by atoms with Crippen molar-refractivity contribution in [2.45, 2.75) is 16.8 Å². The number of benzene rings is 1. The van der Waals surface area contributed by atoms with E-state index in [4.69, 9.17) is 16.3 Å². The molecule has 0 spiro atoms. The van der Waals surface area contributed by atoms with E-state index in [0.717, 1.165) is 13.1 Å². The molecule has 1 aromatic carbocycles. The summed E-state index contributed by atoms with van der Waals surface area (Å²) < 4.78 is 30.3. The fourth-order valence-corrected chi connectivity index (χ4v) is 4.43. The van der Waals surface area contributed by atoms with E-state index >= 15 is 0 Å². The Morgan fingerprint density at radius 3 is 2.81 bits per heavy atom. The number of hydrogen-bond donors (Lipinski definition) is 1. The van der Waals surface area contributed by atoms with Crippen LogP contribution in [0.2, 0.25) is 5.02 Å². The molecule has 0 unspecified atom stereocenters. The maximum absolute atomic E-state index is 12.3. The average Bonchev–Trinajstić information content (AvgIpc) is 2.87. The molecule has 2 heterocycles. The number of nitrogens with zero attached hydrogens (tertiary/aromatic N) is 1. The molecule has 5 nitrogen and oxygen atoms in total. The van der Waals surface area contributed by atoms with E-state index < -0.39 is 9.84 Å². The third-order valence-electron chi connectivity index (χ3n) is 3.10. The number of ether oxygens (including phenoxy) is 1. The predicted molar refractivity (Wildman–Crippen MR) is 81.7 cm³/mol. The van der Waals surface area contributed by atoms with E-state index in [1.54, 1.807) is 17.6 Å². The molecule has 0 radical (unpaired) electrons. The van der Waals surface area contributed by atoms with Gasteiger partial charge < -0.3 is 10.1 Å². The topological polar surface area (TPSA) is 68.3 Å². The Morgan fingerprint density at radius 1 is 1.43 bits per heavy atom. The van der Waals surface area contributed by atoms with Gasteiger partial charge in [-0.2, -0.15) is 0 Å². The molecular weight excluding hydrogens is 332 g/mol. The Labute approximate surface area is 131 Å². The molecule has 0 aliphatic carbocycles. The minimum atomic E-state index is -3.45. The highest BCUT2D eigenvalue weighted by molar-refractivity contribution is 7.90. The van der Waals surface area contributed by atoms with Gasteiger partial charge in [0.25, 0.3) is 0 Å². The summed E-state index contributed by atoms with van der Waals surface area (Å²) in [7, 11) is -3.45. The number of aromatic nitrogens is 1. The van der Waals surface area contributed by atoms with Crippen LogP contribution in [0.5, 0.6) is 5.75 Å². The second kappa shape index (κ2) is 5.92. The van der Waals surface area contributed by atoms with E-state index in [2.05, 4.69) is 10.3 Å². The van der Waals surface area contributed by atoms with E-state index in [1.807, 2.05) is 0 Å². The summed E-state index contributed by atoms with van der Waals surface area (Å²) in [5.74, 6) is 0.393. The molecule has 0 amide bonds. The standard InChI is InChI=1S/C13H13ClN2O3S2/c14-11-5-10(1-2-12(11)19-9-6-15-7-9)21(17,18)8-13-16-3-4-20-13/h1-5,9,15H,6-8H2. The van der Waals surface area contributed by atoms with Crippen LogP contribution in [0.1, 0.15) is 5.01 Å². The number of thiazole rings is 1. The molecule has 2 aromatic rings. The van der Waals surface area contributed by atoms with Crippen molar-refractivity contribution in [3.8, 4) is 5.75 Å². The van der Waals surface area contributed by atoms with Gasteiger partial charge in [-0.1, -0.05) is 11.6 Å². The molecule has 3 rings (SSSR count). The maximum atomic E-state index is 12.3. The number of sulfone groups is 1. The van der Waals surface area contributed by atoms with Gasteiger partial charge >= 0.3 is 0 Å². The Balaban J connectivity index is 1.80. The van der Waals surface area contributed by atoms with Gasteiger partial charge in [0.1, 0.15) is 22.6 Å². The molecule has 1 N–H and O–H groups in total. The zero-order chi connectivity index (χ0) is 14.9. The lowest BCUT2D eigenvalue weighted by Gasteiger charge is -2.28. The Morgan fingerprint density at radius 2 is 2.24 bits per heavy atom. The van der Waals surface area contributed by atoms with Crippen LogP contribution in [0.25, 0.3) is 0 Å². The van der Waals surface area contributed by atoms with Crippen molar-refractivity contribution in [3.63, 3.8) is 0 Å². The summed E-state index contributed by atoms with van der Waals surface area (Å²) >= 11 is 7.44. The summed E-state index contributed by atoms with van der Waals surface area (Å²) in [5, 5.41) is 5.71. The van der Waals surface area contributed by atoms with Gasteiger partial charge in [0, 0.05) is 24.7 Å². The van der Waals surface area contributed by atoms with Crippen molar-refractivity contribution in [1.82, 2.24) is 10.3 Å². The Hall–Kier alpha value is -1.15. The molecule has 112 valence electrons. The van der Waals surface area contributed by atoms with E-state index in [-0.39, 0.29) is 16.8 Å². The Kier molecular flexibility index (Phi) is 4.17. The van der Waals surface area contributed by atoms with Crippen LogP contribution < -0.4 is 10.1 Å². The van der Waals surface area contributed by atoms with E-state index in [9.17, 15) is 8.42 Å². The molecule has 1 aromatic heterocycles. The molecule has 0 bridgehead atoms. The molecule has 1 aliphatic rings. The van der Waals surface area contributed by atoms with Crippen molar-refractivity contribution in [2.24, 2.45) is 0 Å². The molecule has 8 heteroatoms. The van der Waals surface area contributed by atoms with Crippen molar-refractivity contribution in [2.75, 3.05) is 13.1 Å². The highest BCUT2D eigenvalue weighted by Gasteiger charge is 2.22. The van der Waals surface area contributed by atoms with Crippen LogP contribution in [0, 0.1) is 0 Å². The lowest BCUT2D eigenvalue weighted by molar-refractivity contribution is 0.142. The molecule has 1 fully saturated rings. The highest BCUT2D eigenvalue weighted by Crippen LogP contribution is 2.30. The van der Waals surface area contributed by atoms with Crippen LogP contribution in [0.4, 0.5) is 0 Å². The molecule has 0 saturated carbocycles. The van der Waals surface area contributed by atoms with Crippen molar-refractivity contribution < 1.29 is 13.2 Å². The first-order chi connectivity index (χ1) is 10.0. The molecule has 1 saturated heterocycles. The van der Waals surface area contributed by atoms with Crippen LogP contribution in [0.3, 0.4) is 0 Å². The van der Waals surface area contributed by atoms with Gasteiger partial charge in [-0.15, -0.1) is 11.3 Å². The van der Waals surface area contributed by atoms with Crippen LogP contribution >= 0.6 is 22.9 Å². The lowest BCUT2D eigenvalue weighted by atomic mass is 10.2. The summed E-state index contributed by atoms with van der Waals surface area (Å²) in [6, 6.07) is 4.57. The first kappa shape index (κ1) is 14.8. The van der Waals surface area contributed by atoms with Gasteiger partial charge in [0.15, 0.2) is 9.84 Å². The highest BCUT2D eigenvalue weighted by atomic mass is 35.5. The molecule has 21 heavy (non-hydrogen) atoms. The third-order valence-corrected chi connectivity index (χ3v) is 5.98. The first-order valence-corrected chi connectivity index (χ1v) is 9.23. The number of halogens is 1. The van der Waals surface area contributed by atoms with Crippen molar-refractivity contribution in [1.29, 1.82) is 0 Å². The smallest absolute Gasteiger partial charge is 0.184 e. The number of hydrogen-bond acceptors (Lipinski definition) is 6. The average molecular weight is 345 g/mol. The van der Waals surface area contributed by atoms with Gasteiger partial charge in [-0.3, -0.25) is 0 Å². The maximum Gasteiger partial charge on any atom is 0.184 e. The van der Waals surface area contributed by atoms with Gasteiger partial charge in [0.2, 0.25) is 0 Å². The van der Waals surface area contributed by atoms with E-state index in [0.29, 0.717) is 15.8 Å². The lowest BCUT2D eigenvalue weighted by Crippen LogP contribution is -2.50. The summed E-state index contributed by atoms with van der Waals surface area (Å²) in [4.78, 5) is 4.18. The summed E-state index contributed by atoms with van der Waals surface area (Å²) in [5.41, 5.74) is 0. The number of rotatable bonds is 5. The Bertz CT molecular complexity index is 728. The normalized spacial score (nSPS) is 15.7. The summed E-state index contributed by atoms with van der Waals surface area (Å²) in [6.07, 6.45) is 1.69. The van der Waals surface area contributed by atoms with Crippen LogP contribution in [-0.2, 0) is 15.6 Å². The van der Waals surface area contributed by atoms with E-state index in [1.165, 1.54) is 23.5 Å². The fraction of sp³-hybridized carbons (Fsp3) is 0.308. The SMILES string of the molecule is O=S(=O)(Cc1nccs1)c1ccc(OC2CNC2)c(Cl)c1. The molecule has 0 atom stereocenters. The van der Waals surface area contributed by atoms with Gasteiger partial charge in [0.05, 0.1) is 9.92 Å². The zero-order valence-corrected chi connectivity index (χ0v) is 13.3. The zero-order valence-electron chi connectivity index (χ0n) is 11.0.